The molecule has 0 spiro atoms. The molecule has 1 aromatic carbocycles. The van der Waals surface area contributed by atoms with Gasteiger partial charge in [-0.2, -0.15) is 0 Å². The summed E-state index contributed by atoms with van der Waals surface area (Å²) >= 11 is 0. The van der Waals surface area contributed by atoms with E-state index in [1.807, 2.05) is 6.92 Å². The molecule has 29 heavy (non-hydrogen) atoms. The summed E-state index contributed by atoms with van der Waals surface area (Å²) in [5, 5.41) is 11.9. The first-order valence-corrected chi connectivity index (χ1v) is 9.03. The highest BCUT2D eigenvalue weighted by atomic mass is 19.1. The molecule has 0 aliphatic carbocycles. The number of nitrogens with one attached hydrogen (secondary N) is 3. The van der Waals surface area contributed by atoms with Gasteiger partial charge in [0.1, 0.15) is 23.4 Å². The molecule has 152 valence electrons. The number of rotatable bonds is 7. The lowest BCUT2D eigenvalue weighted by Gasteiger charge is -2.18. The molecule has 2 aromatic heterocycles. The maximum atomic E-state index is 14.2. The van der Waals surface area contributed by atoms with Gasteiger partial charge in [0.15, 0.2) is 5.82 Å². The largest absolute Gasteiger partial charge is 0.469 e. The minimum Gasteiger partial charge on any atom is -0.469 e. The Morgan fingerprint density at radius 1 is 1.17 bits per heavy atom. The molecule has 1 unspecified atom stereocenters. The fourth-order valence-corrected chi connectivity index (χ4v) is 2.71. The van der Waals surface area contributed by atoms with E-state index in [9.17, 15) is 14.0 Å². The number of anilines is 3. The number of hydrogen-bond donors (Lipinski definition) is 3. The van der Waals surface area contributed by atoms with Crippen molar-refractivity contribution in [2.75, 3.05) is 16.0 Å². The van der Waals surface area contributed by atoms with Crippen LogP contribution in [0.1, 0.15) is 35.2 Å². The van der Waals surface area contributed by atoms with Crippen molar-refractivity contribution in [3.63, 3.8) is 0 Å². The van der Waals surface area contributed by atoms with Crippen LogP contribution < -0.4 is 16.0 Å². The van der Waals surface area contributed by atoms with Gasteiger partial charge >= 0.3 is 0 Å². The van der Waals surface area contributed by atoms with Crippen molar-refractivity contribution in [1.29, 1.82) is 0 Å². The zero-order valence-electron chi connectivity index (χ0n) is 16.2. The Kier molecular flexibility index (Phi) is 5.96. The van der Waals surface area contributed by atoms with Gasteiger partial charge in [0.05, 0.1) is 17.5 Å². The standard InChI is InChI=1S/C20H21FN4O4/c1-4-16(20(27)24-18-9-11(2)29-25-18)22-13-5-6-15(21)17(10-13)23-19(26)14-7-8-28-12(14)3/h5-10,16,22H,4H2,1-3H3,(H,23,26)(H,24,25,27). The highest BCUT2D eigenvalue weighted by molar-refractivity contribution is 6.05. The zero-order valence-corrected chi connectivity index (χ0v) is 16.2. The molecule has 0 saturated carbocycles. The smallest absolute Gasteiger partial charge is 0.259 e. The summed E-state index contributed by atoms with van der Waals surface area (Å²) in [5.41, 5.74) is 0.781. The molecule has 2 amide bonds. The molecule has 3 aromatic rings. The molecule has 1 atom stereocenters. The van der Waals surface area contributed by atoms with Crippen molar-refractivity contribution < 1.29 is 22.9 Å². The van der Waals surface area contributed by atoms with Gasteiger partial charge in [-0.25, -0.2) is 4.39 Å². The molecule has 9 heteroatoms. The van der Waals surface area contributed by atoms with Gasteiger partial charge in [-0.15, -0.1) is 0 Å². The lowest BCUT2D eigenvalue weighted by atomic mass is 10.1. The molecule has 0 aliphatic heterocycles. The summed E-state index contributed by atoms with van der Waals surface area (Å²) in [6.45, 7) is 5.20. The highest BCUT2D eigenvalue weighted by Gasteiger charge is 2.19. The maximum Gasteiger partial charge on any atom is 0.259 e. The number of aryl methyl sites for hydroxylation is 2. The third-order valence-corrected chi connectivity index (χ3v) is 4.26. The second-order valence-corrected chi connectivity index (χ2v) is 6.46. The second kappa shape index (κ2) is 8.59. The maximum absolute atomic E-state index is 14.2. The van der Waals surface area contributed by atoms with Crippen molar-refractivity contribution >= 4 is 29.0 Å². The first-order chi connectivity index (χ1) is 13.9. The average Bonchev–Trinajstić information content (AvgIpc) is 3.30. The van der Waals surface area contributed by atoms with Crippen LogP contribution in [-0.2, 0) is 4.79 Å². The third kappa shape index (κ3) is 4.81. The number of nitrogens with zero attached hydrogens (tertiary/aromatic N) is 1. The van der Waals surface area contributed by atoms with Gasteiger partial charge in [-0.3, -0.25) is 9.59 Å². The lowest BCUT2D eigenvalue weighted by Crippen LogP contribution is -2.34. The summed E-state index contributed by atoms with van der Waals surface area (Å²) in [5.74, 6) is -0.0739. The van der Waals surface area contributed by atoms with Gasteiger partial charge in [0, 0.05) is 11.8 Å². The number of benzene rings is 1. The summed E-state index contributed by atoms with van der Waals surface area (Å²) in [6, 6.07) is 6.65. The van der Waals surface area contributed by atoms with Crippen LogP contribution in [0.2, 0.25) is 0 Å². The average molecular weight is 400 g/mol. The Hall–Kier alpha value is -3.62. The van der Waals surface area contributed by atoms with Gasteiger partial charge in [0.25, 0.3) is 5.91 Å². The highest BCUT2D eigenvalue weighted by Crippen LogP contribution is 2.22. The van der Waals surface area contributed by atoms with Crippen LogP contribution >= 0.6 is 0 Å². The van der Waals surface area contributed by atoms with Crippen LogP contribution in [-0.4, -0.2) is 23.0 Å². The van der Waals surface area contributed by atoms with E-state index >= 15 is 0 Å². The molecule has 0 aliphatic rings. The summed E-state index contributed by atoms with van der Waals surface area (Å²) in [7, 11) is 0. The number of carbonyl (C=O) groups excluding carboxylic acids is 2. The van der Waals surface area contributed by atoms with Crippen LogP contribution in [0, 0.1) is 19.7 Å². The van der Waals surface area contributed by atoms with Gasteiger partial charge in [-0.1, -0.05) is 12.1 Å². The molecule has 3 N–H and O–H groups in total. The number of halogens is 1. The SMILES string of the molecule is CCC(Nc1ccc(F)c(NC(=O)c2ccoc2C)c1)C(=O)Nc1cc(C)on1. The molecule has 8 nitrogen and oxygen atoms in total. The Bertz CT molecular complexity index is 1030. The fourth-order valence-electron chi connectivity index (χ4n) is 2.71. The van der Waals surface area contributed by atoms with Crippen LogP contribution in [0.5, 0.6) is 0 Å². The van der Waals surface area contributed by atoms with Crippen LogP contribution in [0.15, 0.2) is 45.5 Å². The van der Waals surface area contributed by atoms with Crippen molar-refractivity contribution in [1.82, 2.24) is 5.16 Å². The second-order valence-electron chi connectivity index (χ2n) is 6.46. The van der Waals surface area contributed by atoms with E-state index in [-0.39, 0.29) is 11.6 Å². The topological polar surface area (TPSA) is 109 Å². The van der Waals surface area contributed by atoms with E-state index in [0.717, 1.165) is 0 Å². The molecular weight excluding hydrogens is 379 g/mol. The van der Waals surface area contributed by atoms with Gasteiger partial charge < -0.3 is 24.9 Å². The Morgan fingerprint density at radius 3 is 2.59 bits per heavy atom. The fraction of sp³-hybridized carbons (Fsp3) is 0.250. The molecule has 2 heterocycles. The number of furan rings is 1. The molecule has 0 radical (unpaired) electrons. The van der Waals surface area contributed by atoms with Crippen LogP contribution in [0.3, 0.4) is 0 Å². The summed E-state index contributed by atoms with van der Waals surface area (Å²) in [6.07, 6.45) is 1.86. The van der Waals surface area contributed by atoms with E-state index in [0.29, 0.717) is 35.0 Å². The van der Waals surface area contributed by atoms with Crippen molar-refractivity contribution in [2.45, 2.75) is 33.2 Å². The van der Waals surface area contributed by atoms with Crippen molar-refractivity contribution in [2.24, 2.45) is 0 Å². The number of aromatic nitrogens is 1. The normalized spacial score (nSPS) is 11.7. The first-order valence-electron chi connectivity index (χ1n) is 9.03. The van der Waals surface area contributed by atoms with Crippen molar-refractivity contribution in [3.05, 3.63) is 59.5 Å². The molecule has 0 fully saturated rings. The molecular formula is C20H21FN4O4. The quantitative estimate of drug-likeness (QED) is 0.551. The monoisotopic (exact) mass is 400 g/mol. The molecule has 0 bridgehead atoms. The Balaban J connectivity index is 1.71. The summed E-state index contributed by atoms with van der Waals surface area (Å²) in [4.78, 5) is 24.8. The molecule has 0 saturated heterocycles. The van der Waals surface area contributed by atoms with E-state index in [4.69, 9.17) is 8.94 Å². The Morgan fingerprint density at radius 2 is 1.97 bits per heavy atom. The van der Waals surface area contributed by atoms with Gasteiger partial charge in [-0.05, 0) is 44.5 Å². The minimum atomic E-state index is -0.600. The van der Waals surface area contributed by atoms with Gasteiger partial charge in [0.2, 0.25) is 5.91 Å². The Labute approximate surface area is 166 Å². The number of amides is 2. The number of carbonyl (C=O) groups is 2. The number of hydrogen-bond acceptors (Lipinski definition) is 6. The van der Waals surface area contributed by atoms with Crippen LogP contribution in [0.25, 0.3) is 0 Å². The predicted octanol–water partition coefficient (Wildman–Crippen LogP) is 4.11. The van der Waals surface area contributed by atoms with E-state index in [1.165, 1.54) is 30.5 Å². The van der Waals surface area contributed by atoms with E-state index in [1.54, 1.807) is 19.9 Å². The minimum absolute atomic E-state index is 0.0111. The lowest BCUT2D eigenvalue weighted by molar-refractivity contribution is -0.117. The summed E-state index contributed by atoms with van der Waals surface area (Å²) < 4.78 is 24.2. The zero-order chi connectivity index (χ0) is 21.0. The first kappa shape index (κ1) is 20.1. The molecule has 3 rings (SSSR count). The van der Waals surface area contributed by atoms with E-state index in [2.05, 4.69) is 21.1 Å². The third-order valence-electron chi connectivity index (χ3n) is 4.26. The van der Waals surface area contributed by atoms with Crippen LogP contribution in [0.4, 0.5) is 21.6 Å². The predicted molar refractivity (Wildman–Crippen MR) is 105 cm³/mol. The van der Waals surface area contributed by atoms with E-state index < -0.39 is 17.8 Å². The van der Waals surface area contributed by atoms with Crippen molar-refractivity contribution in [3.8, 4) is 0 Å².